The molecule has 0 aliphatic carbocycles. The first-order valence-corrected chi connectivity index (χ1v) is 6.90. The van der Waals surface area contributed by atoms with Gasteiger partial charge in [0.1, 0.15) is 11.8 Å². The van der Waals surface area contributed by atoms with Crippen LogP contribution in [0.4, 0.5) is 0 Å². The van der Waals surface area contributed by atoms with Gasteiger partial charge >= 0.3 is 5.97 Å². The van der Waals surface area contributed by atoms with Crippen LogP contribution in [0, 0.1) is 0 Å². The second-order valence-corrected chi connectivity index (χ2v) is 5.71. The van der Waals surface area contributed by atoms with Gasteiger partial charge in [-0.25, -0.2) is 0 Å². The van der Waals surface area contributed by atoms with Crippen LogP contribution in [0.25, 0.3) is 0 Å². The summed E-state index contributed by atoms with van der Waals surface area (Å²) in [6.07, 6.45) is 0. The average molecular weight is 318 g/mol. The Morgan fingerprint density at radius 3 is 3.00 bits per heavy atom. The van der Waals surface area contributed by atoms with Crippen LogP contribution in [0.2, 0.25) is 0 Å². The highest BCUT2D eigenvalue weighted by atomic mass is 79.9. The van der Waals surface area contributed by atoms with Crippen molar-refractivity contribution in [1.82, 2.24) is 5.32 Å². The molecule has 6 heteroatoms. The summed E-state index contributed by atoms with van der Waals surface area (Å²) in [5.41, 5.74) is 0.968. The second kappa shape index (κ2) is 5.29. The number of hydrogen-bond donors (Lipinski definition) is 2. The van der Waals surface area contributed by atoms with Crippen LogP contribution in [-0.2, 0) is 4.79 Å². The average Bonchev–Trinajstić information content (AvgIpc) is 2.78. The van der Waals surface area contributed by atoms with Gasteiger partial charge in [0.05, 0.1) is 12.5 Å². The Bertz CT molecular complexity index is 441. The van der Waals surface area contributed by atoms with Crippen LogP contribution in [0.1, 0.15) is 10.9 Å². The van der Waals surface area contributed by atoms with Crippen molar-refractivity contribution in [2.75, 3.05) is 12.9 Å². The zero-order valence-electron chi connectivity index (χ0n) is 9.14. The van der Waals surface area contributed by atoms with Crippen LogP contribution in [0.15, 0.2) is 22.7 Å². The first-order valence-electron chi connectivity index (χ1n) is 5.05. The largest absolute Gasteiger partial charge is 0.496 e. The number of nitrogens with one attached hydrogen (secondary N) is 1. The number of rotatable bonds is 3. The van der Waals surface area contributed by atoms with Crippen LogP contribution in [0.3, 0.4) is 0 Å². The third-order valence-electron chi connectivity index (χ3n) is 2.55. The van der Waals surface area contributed by atoms with E-state index in [-0.39, 0.29) is 5.37 Å². The minimum Gasteiger partial charge on any atom is -0.496 e. The first-order chi connectivity index (χ1) is 8.11. The van der Waals surface area contributed by atoms with Gasteiger partial charge in [-0.05, 0) is 18.2 Å². The molecule has 1 aliphatic heterocycles. The highest BCUT2D eigenvalue weighted by Gasteiger charge is 2.31. The molecule has 0 bridgehead atoms. The molecule has 2 rings (SSSR count). The summed E-state index contributed by atoms with van der Waals surface area (Å²) in [5.74, 6) is 0.522. The molecule has 0 aromatic heterocycles. The summed E-state index contributed by atoms with van der Waals surface area (Å²) in [6, 6.07) is 5.23. The van der Waals surface area contributed by atoms with Crippen molar-refractivity contribution in [2.45, 2.75) is 11.4 Å². The molecule has 1 aliphatic rings. The Kier molecular flexibility index (Phi) is 3.96. The van der Waals surface area contributed by atoms with E-state index in [0.717, 1.165) is 15.8 Å². The van der Waals surface area contributed by atoms with Gasteiger partial charge in [-0.1, -0.05) is 15.9 Å². The third-order valence-corrected chi connectivity index (χ3v) is 4.30. The monoisotopic (exact) mass is 317 g/mol. The van der Waals surface area contributed by atoms with Crippen molar-refractivity contribution in [3.05, 3.63) is 28.2 Å². The highest BCUT2D eigenvalue weighted by Crippen LogP contribution is 2.38. The van der Waals surface area contributed by atoms with Gasteiger partial charge in [-0.3, -0.25) is 10.1 Å². The Hall–Kier alpha value is -0.720. The number of aliphatic carboxylic acids is 1. The Labute approximate surface area is 112 Å². The van der Waals surface area contributed by atoms with Crippen molar-refractivity contribution in [1.29, 1.82) is 0 Å². The molecule has 1 heterocycles. The van der Waals surface area contributed by atoms with Crippen molar-refractivity contribution < 1.29 is 14.6 Å². The van der Waals surface area contributed by atoms with Gasteiger partial charge in [0, 0.05) is 15.8 Å². The van der Waals surface area contributed by atoms with E-state index >= 15 is 0 Å². The van der Waals surface area contributed by atoms with Crippen molar-refractivity contribution >= 4 is 33.7 Å². The number of benzene rings is 1. The van der Waals surface area contributed by atoms with E-state index in [2.05, 4.69) is 21.2 Å². The lowest BCUT2D eigenvalue weighted by Crippen LogP contribution is -2.33. The predicted molar refractivity (Wildman–Crippen MR) is 70.5 cm³/mol. The van der Waals surface area contributed by atoms with Crippen LogP contribution < -0.4 is 10.1 Å². The minimum atomic E-state index is -0.811. The lowest BCUT2D eigenvalue weighted by atomic mass is 10.2. The molecule has 0 spiro atoms. The number of thioether (sulfide) groups is 1. The Balaban J connectivity index is 2.23. The summed E-state index contributed by atoms with van der Waals surface area (Å²) in [6.45, 7) is 0. The molecule has 0 saturated carbocycles. The molecule has 1 aromatic rings. The molecule has 2 atom stereocenters. The summed E-state index contributed by atoms with van der Waals surface area (Å²) in [7, 11) is 1.61. The molecule has 17 heavy (non-hydrogen) atoms. The normalized spacial score (nSPS) is 23.6. The summed E-state index contributed by atoms with van der Waals surface area (Å²) >= 11 is 4.99. The minimum absolute atomic E-state index is 0.0384. The lowest BCUT2D eigenvalue weighted by molar-refractivity contribution is -0.138. The van der Waals surface area contributed by atoms with Crippen molar-refractivity contribution in [2.24, 2.45) is 0 Å². The van der Waals surface area contributed by atoms with E-state index in [1.807, 2.05) is 18.2 Å². The maximum Gasteiger partial charge on any atom is 0.321 e. The fourth-order valence-electron chi connectivity index (χ4n) is 1.70. The zero-order chi connectivity index (χ0) is 12.4. The van der Waals surface area contributed by atoms with Crippen molar-refractivity contribution in [3.8, 4) is 5.75 Å². The molecule has 1 saturated heterocycles. The van der Waals surface area contributed by atoms with E-state index in [9.17, 15) is 4.79 Å². The molecular weight excluding hydrogens is 306 g/mol. The maximum atomic E-state index is 10.9. The van der Waals surface area contributed by atoms with E-state index in [0.29, 0.717) is 5.75 Å². The smallest absolute Gasteiger partial charge is 0.321 e. The standard InChI is InChI=1S/C11H12BrNO3S/c1-16-9-3-2-6(12)4-7(9)10-13-8(5-17-10)11(14)15/h2-4,8,10,13H,5H2,1H3,(H,14,15)/t8-,10+/m1/s1. The van der Waals surface area contributed by atoms with Crippen LogP contribution >= 0.6 is 27.7 Å². The van der Waals surface area contributed by atoms with Gasteiger partial charge in [0.15, 0.2) is 0 Å². The molecule has 0 unspecified atom stereocenters. The fraction of sp³-hybridized carbons (Fsp3) is 0.364. The van der Waals surface area contributed by atoms with Crippen LogP contribution in [-0.4, -0.2) is 30.0 Å². The number of carbonyl (C=O) groups is 1. The molecule has 4 nitrogen and oxygen atoms in total. The molecule has 1 fully saturated rings. The number of ether oxygens (including phenoxy) is 1. The van der Waals surface area contributed by atoms with Gasteiger partial charge in [-0.2, -0.15) is 0 Å². The van der Waals surface area contributed by atoms with Gasteiger partial charge in [-0.15, -0.1) is 11.8 Å². The Morgan fingerprint density at radius 2 is 2.41 bits per heavy atom. The summed E-state index contributed by atoms with van der Waals surface area (Å²) < 4.78 is 6.24. The number of carboxylic acids is 1. The summed E-state index contributed by atoms with van der Waals surface area (Å²) in [5, 5.41) is 12.0. The van der Waals surface area contributed by atoms with Gasteiger partial charge < -0.3 is 9.84 Å². The molecule has 0 radical (unpaired) electrons. The zero-order valence-corrected chi connectivity index (χ0v) is 11.5. The van der Waals surface area contributed by atoms with E-state index in [1.54, 1.807) is 18.9 Å². The van der Waals surface area contributed by atoms with Gasteiger partial charge in [0.25, 0.3) is 0 Å². The Morgan fingerprint density at radius 1 is 1.65 bits per heavy atom. The SMILES string of the molecule is COc1ccc(Br)cc1[C@H]1N[C@@H](C(=O)O)CS1. The fourth-order valence-corrected chi connectivity index (χ4v) is 3.33. The van der Waals surface area contributed by atoms with Crippen molar-refractivity contribution in [3.63, 3.8) is 0 Å². The first kappa shape index (κ1) is 12.7. The molecule has 92 valence electrons. The van der Waals surface area contributed by atoms with Crippen LogP contribution in [0.5, 0.6) is 5.75 Å². The topological polar surface area (TPSA) is 58.6 Å². The molecular formula is C11H12BrNO3S. The highest BCUT2D eigenvalue weighted by molar-refractivity contribution is 9.10. The predicted octanol–water partition coefficient (Wildman–Crippen LogP) is 2.25. The summed E-state index contributed by atoms with van der Waals surface area (Å²) in [4.78, 5) is 10.9. The van der Waals surface area contributed by atoms with E-state index in [4.69, 9.17) is 9.84 Å². The lowest BCUT2D eigenvalue weighted by Gasteiger charge is -2.15. The van der Waals surface area contributed by atoms with Gasteiger partial charge in [0.2, 0.25) is 0 Å². The number of halogens is 1. The molecule has 0 amide bonds. The van der Waals surface area contributed by atoms with E-state index < -0.39 is 12.0 Å². The molecule has 2 N–H and O–H groups in total. The third kappa shape index (κ3) is 2.75. The maximum absolute atomic E-state index is 10.9. The number of carboxylic acid groups (broad SMARTS) is 1. The van der Waals surface area contributed by atoms with E-state index in [1.165, 1.54) is 0 Å². The number of hydrogen-bond acceptors (Lipinski definition) is 4. The number of methoxy groups -OCH3 is 1. The second-order valence-electron chi connectivity index (χ2n) is 3.66. The quantitative estimate of drug-likeness (QED) is 0.895. The molecule has 1 aromatic carbocycles.